The van der Waals surface area contributed by atoms with Crippen molar-refractivity contribution in [3.8, 4) is 0 Å². The number of nitrogen functional groups attached to an aromatic ring is 1. The van der Waals surface area contributed by atoms with E-state index in [2.05, 4.69) is 9.71 Å². The number of aromatic nitrogens is 1. The van der Waals surface area contributed by atoms with Crippen molar-refractivity contribution in [1.82, 2.24) is 4.98 Å². The molecule has 0 radical (unpaired) electrons. The van der Waals surface area contributed by atoms with E-state index in [4.69, 9.17) is 5.73 Å². The van der Waals surface area contributed by atoms with Crippen molar-refractivity contribution in [2.45, 2.75) is 25.9 Å². The number of nitrogens with zero attached hydrogens (tertiary/aromatic N) is 1. The fourth-order valence-electron chi connectivity index (χ4n) is 1.36. The monoisotopic (exact) mass is 297 g/mol. The molecule has 0 amide bonds. The number of aryl methyl sites for hydroxylation is 1. The molecule has 0 saturated carbocycles. The van der Waals surface area contributed by atoms with Gasteiger partial charge in [-0.1, -0.05) is 0 Å². The number of sulfonamides is 1. The van der Waals surface area contributed by atoms with Gasteiger partial charge < -0.3 is 5.73 Å². The second kappa shape index (κ2) is 5.64. The highest BCUT2D eigenvalue weighted by Gasteiger charge is 2.27. The van der Waals surface area contributed by atoms with Crippen LogP contribution in [0.5, 0.6) is 0 Å². The molecule has 1 rings (SSSR count). The number of nitrogens with two attached hydrogens (primary N) is 1. The Morgan fingerprint density at radius 3 is 2.58 bits per heavy atom. The summed E-state index contributed by atoms with van der Waals surface area (Å²) < 4.78 is 61.1. The molecule has 0 aliphatic heterocycles. The number of rotatable bonds is 5. The number of pyridine rings is 1. The molecular formula is C10H14F3N3O2S. The maximum atomic E-state index is 11.9. The van der Waals surface area contributed by atoms with Crippen molar-refractivity contribution >= 4 is 21.5 Å². The molecule has 1 aromatic rings. The summed E-state index contributed by atoms with van der Waals surface area (Å²) in [4.78, 5) is 3.78. The Hall–Kier alpha value is -1.51. The average Bonchev–Trinajstić information content (AvgIpc) is 2.20. The lowest BCUT2D eigenvalue weighted by atomic mass is 10.3. The van der Waals surface area contributed by atoms with Crippen LogP contribution in [0.2, 0.25) is 0 Å². The minimum absolute atomic E-state index is 0.0706. The summed E-state index contributed by atoms with van der Waals surface area (Å²) in [5.41, 5.74) is 6.33. The van der Waals surface area contributed by atoms with Gasteiger partial charge in [-0.3, -0.25) is 4.72 Å². The number of hydrogen-bond donors (Lipinski definition) is 2. The van der Waals surface area contributed by atoms with Gasteiger partial charge in [0.15, 0.2) is 0 Å². The Bertz CT molecular complexity index is 543. The molecule has 0 aliphatic rings. The van der Waals surface area contributed by atoms with Gasteiger partial charge in [-0.05, 0) is 25.0 Å². The van der Waals surface area contributed by atoms with Crippen LogP contribution >= 0.6 is 0 Å². The zero-order valence-corrected chi connectivity index (χ0v) is 11.0. The van der Waals surface area contributed by atoms with Crippen molar-refractivity contribution in [3.05, 3.63) is 17.8 Å². The molecule has 0 spiro atoms. The van der Waals surface area contributed by atoms with E-state index in [0.29, 0.717) is 11.3 Å². The summed E-state index contributed by atoms with van der Waals surface area (Å²) >= 11 is 0. The van der Waals surface area contributed by atoms with Crippen molar-refractivity contribution in [2.24, 2.45) is 0 Å². The van der Waals surface area contributed by atoms with Crippen LogP contribution in [0, 0.1) is 6.92 Å². The van der Waals surface area contributed by atoms with Gasteiger partial charge in [0.05, 0.1) is 17.6 Å². The third-order valence-corrected chi connectivity index (χ3v) is 3.56. The molecule has 9 heteroatoms. The van der Waals surface area contributed by atoms with E-state index in [1.54, 1.807) is 6.92 Å². The summed E-state index contributed by atoms with van der Waals surface area (Å²) in [7, 11) is -3.85. The Labute approximate surface area is 109 Å². The molecule has 0 atom stereocenters. The third kappa shape index (κ3) is 5.77. The van der Waals surface area contributed by atoms with E-state index >= 15 is 0 Å². The van der Waals surface area contributed by atoms with E-state index in [1.165, 1.54) is 12.3 Å². The standard InChI is InChI=1S/C10H14F3N3O2S/c1-7-5-8(14)6-15-9(7)16-19(17,18)4-2-3-10(11,12)13/h5-6H,2-4,14H2,1H3,(H,15,16). The highest BCUT2D eigenvalue weighted by Crippen LogP contribution is 2.22. The molecule has 1 heterocycles. The highest BCUT2D eigenvalue weighted by molar-refractivity contribution is 7.92. The fraction of sp³-hybridized carbons (Fsp3) is 0.500. The Balaban J connectivity index is 2.64. The van der Waals surface area contributed by atoms with Gasteiger partial charge >= 0.3 is 6.18 Å². The van der Waals surface area contributed by atoms with Crippen molar-refractivity contribution in [2.75, 3.05) is 16.2 Å². The molecule has 19 heavy (non-hydrogen) atoms. The average molecular weight is 297 g/mol. The third-order valence-electron chi connectivity index (χ3n) is 2.22. The zero-order chi connectivity index (χ0) is 14.7. The molecule has 0 bridgehead atoms. The summed E-state index contributed by atoms with van der Waals surface area (Å²) in [5, 5.41) is 0. The number of alkyl halides is 3. The molecule has 3 N–H and O–H groups in total. The van der Waals surface area contributed by atoms with Crippen LogP contribution in [-0.4, -0.2) is 25.3 Å². The van der Waals surface area contributed by atoms with Crippen LogP contribution in [0.25, 0.3) is 0 Å². The van der Waals surface area contributed by atoms with Gasteiger partial charge in [-0.15, -0.1) is 0 Å². The maximum absolute atomic E-state index is 11.9. The number of nitrogens with one attached hydrogen (secondary N) is 1. The van der Waals surface area contributed by atoms with Crippen molar-refractivity contribution in [1.29, 1.82) is 0 Å². The fourth-order valence-corrected chi connectivity index (χ4v) is 2.50. The minimum atomic E-state index is -4.36. The molecule has 0 saturated heterocycles. The molecule has 5 nitrogen and oxygen atoms in total. The van der Waals surface area contributed by atoms with Gasteiger partial charge in [0, 0.05) is 6.42 Å². The highest BCUT2D eigenvalue weighted by atomic mass is 32.2. The minimum Gasteiger partial charge on any atom is -0.397 e. The smallest absolute Gasteiger partial charge is 0.389 e. The second-order valence-corrected chi connectivity index (χ2v) is 5.92. The quantitative estimate of drug-likeness (QED) is 0.871. The molecule has 108 valence electrons. The summed E-state index contributed by atoms with van der Waals surface area (Å²) in [6.07, 6.45) is -4.72. The van der Waals surface area contributed by atoms with Gasteiger partial charge in [0.1, 0.15) is 5.82 Å². The molecule has 0 aromatic carbocycles. The van der Waals surface area contributed by atoms with E-state index in [9.17, 15) is 21.6 Å². The van der Waals surface area contributed by atoms with Crippen LogP contribution in [0.3, 0.4) is 0 Å². The molecule has 0 aliphatic carbocycles. The largest absolute Gasteiger partial charge is 0.397 e. The summed E-state index contributed by atoms with van der Waals surface area (Å²) in [6.45, 7) is 1.59. The Morgan fingerprint density at radius 2 is 2.05 bits per heavy atom. The van der Waals surface area contributed by atoms with Crippen LogP contribution in [0.4, 0.5) is 24.7 Å². The van der Waals surface area contributed by atoms with Gasteiger partial charge in [0.25, 0.3) is 0 Å². The summed E-state index contributed by atoms with van der Waals surface area (Å²) in [6, 6.07) is 1.51. The van der Waals surface area contributed by atoms with Crippen LogP contribution in [-0.2, 0) is 10.0 Å². The van der Waals surface area contributed by atoms with Gasteiger partial charge in [-0.2, -0.15) is 13.2 Å². The molecule has 1 aromatic heterocycles. The molecular weight excluding hydrogens is 283 g/mol. The van der Waals surface area contributed by atoms with Gasteiger partial charge in [-0.25, -0.2) is 13.4 Å². The van der Waals surface area contributed by atoms with Crippen LogP contribution in [0.1, 0.15) is 18.4 Å². The van der Waals surface area contributed by atoms with Crippen LogP contribution in [0.15, 0.2) is 12.3 Å². The predicted molar refractivity (Wildman–Crippen MR) is 66.1 cm³/mol. The lowest BCUT2D eigenvalue weighted by molar-refractivity contribution is -0.134. The first-order chi connectivity index (χ1) is 8.59. The molecule has 0 unspecified atom stereocenters. The lowest BCUT2D eigenvalue weighted by Crippen LogP contribution is -2.20. The van der Waals surface area contributed by atoms with Crippen molar-refractivity contribution < 1.29 is 21.6 Å². The molecule has 0 fully saturated rings. The second-order valence-electron chi connectivity index (χ2n) is 4.07. The zero-order valence-electron chi connectivity index (χ0n) is 10.2. The van der Waals surface area contributed by atoms with E-state index < -0.39 is 34.8 Å². The first-order valence-corrected chi connectivity index (χ1v) is 7.04. The van der Waals surface area contributed by atoms with Crippen LogP contribution < -0.4 is 10.5 Å². The maximum Gasteiger partial charge on any atom is 0.389 e. The summed E-state index contributed by atoms with van der Waals surface area (Å²) in [5.74, 6) is -0.543. The van der Waals surface area contributed by atoms with Gasteiger partial charge in [0.2, 0.25) is 10.0 Å². The number of hydrogen-bond acceptors (Lipinski definition) is 4. The first-order valence-electron chi connectivity index (χ1n) is 5.38. The lowest BCUT2D eigenvalue weighted by Gasteiger charge is -2.10. The predicted octanol–water partition coefficient (Wildman–Crippen LogP) is 2.06. The van der Waals surface area contributed by atoms with E-state index in [1.807, 2.05) is 0 Å². The normalized spacial score (nSPS) is 12.4. The first kappa shape index (κ1) is 15.5. The SMILES string of the molecule is Cc1cc(N)cnc1NS(=O)(=O)CCCC(F)(F)F. The van der Waals surface area contributed by atoms with E-state index in [0.717, 1.165) is 0 Å². The number of halogens is 3. The Morgan fingerprint density at radius 1 is 1.42 bits per heavy atom. The number of anilines is 2. The topological polar surface area (TPSA) is 85.1 Å². The van der Waals surface area contributed by atoms with E-state index in [-0.39, 0.29) is 5.82 Å². The Kier molecular flexibility index (Phi) is 4.61. The van der Waals surface area contributed by atoms with Crippen molar-refractivity contribution in [3.63, 3.8) is 0 Å².